The minimum absolute atomic E-state index is 0.331. The first-order valence-electron chi connectivity index (χ1n) is 10.2. The third kappa shape index (κ3) is 4.49. The standard InChI is InChI=1S/C24H25N5O3/c1-16-6-8-17(9-7-16)22-27-20-5-4-12-25-23(20)29(22)14-13-26-24(30)28-19-11-10-18(31-2)15-21(19)32-3/h4-12,15H,13-14H2,1-3H3,(H2,26,28,30). The van der Waals surface area contributed by atoms with Crippen molar-refractivity contribution in [1.82, 2.24) is 19.9 Å². The number of urea groups is 1. The monoisotopic (exact) mass is 431 g/mol. The van der Waals surface area contributed by atoms with Gasteiger partial charge in [-0.05, 0) is 31.2 Å². The Kier molecular flexibility index (Phi) is 6.21. The van der Waals surface area contributed by atoms with Crippen molar-refractivity contribution >= 4 is 22.9 Å². The molecule has 0 radical (unpaired) electrons. The van der Waals surface area contributed by atoms with Gasteiger partial charge in [-0.15, -0.1) is 0 Å². The van der Waals surface area contributed by atoms with Gasteiger partial charge < -0.3 is 24.7 Å². The zero-order valence-electron chi connectivity index (χ0n) is 18.3. The predicted octanol–water partition coefficient (Wildman–Crippen LogP) is 4.25. The van der Waals surface area contributed by atoms with Gasteiger partial charge in [0.2, 0.25) is 0 Å². The first kappa shape index (κ1) is 21.2. The van der Waals surface area contributed by atoms with Crippen LogP contribution in [0.3, 0.4) is 0 Å². The molecule has 8 nitrogen and oxygen atoms in total. The number of rotatable bonds is 7. The largest absolute Gasteiger partial charge is 0.497 e. The van der Waals surface area contributed by atoms with Gasteiger partial charge in [-0.25, -0.2) is 14.8 Å². The number of carbonyl (C=O) groups is 1. The van der Waals surface area contributed by atoms with Crippen molar-refractivity contribution in [3.63, 3.8) is 0 Å². The molecule has 0 aliphatic carbocycles. The van der Waals surface area contributed by atoms with Crippen LogP contribution in [-0.2, 0) is 6.54 Å². The van der Waals surface area contributed by atoms with Gasteiger partial charge in [-0.1, -0.05) is 29.8 Å². The van der Waals surface area contributed by atoms with Crippen LogP contribution in [0.2, 0.25) is 0 Å². The molecule has 0 unspecified atom stereocenters. The molecule has 164 valence electrons. The Bertz CT molecular complexity index is 1230. The van der Waals surface area contributed by atoms with Gasteiger partial charge in [0.1, 0.15) is 22.8 Å². The number of pyridine rings is 1. The van der Waals surface area contributed by atoms with Crippen LogP contribution in [0.1, 0.15) is 5.56 Å². The Hall–Kier alpha value is -4.07. The van der Waals surface area contributed by atoms with Gasteiger partial charge in [0.15, 0.2) is 5.65 Å². The summed E-state index contributed by atoms with van der Waals surface area (Å²) in [4.78, 5) is 21.7. The van der Waals surface area contributed by atoms with E-state index in [1.54, 1.807) is 38.6 Å². The van der Waals surface area contributed by atoms with Gasteiger partial charge in [0.25, 0.3) is 0 Å². The fraction of sp³-hybridized carbons (Fsp3) is 0.208. The van der Waals surface area contributed by atoms with Gasteiger partial charge >= 0.3 is 6.03 Å². The molecule has 0 spiro atoms. The summed E-state index contributed by atoms with van der Waals surface area (Å²) in [6.07, 6.45) is 1.75. The normalized spacial score (nSPS) is 10.7. The van der Waals surface area contributed by atoms with Gasteiger partial charge in [-0.2, -0.15) is 0 Å². The molecule has 2 amide bonds. The van der Waals surface area contributed by atoms with E-state index in [9.17, 15) is 4.79 Å². The molecule has 2 aromatic heterocycles. The van der Waals surface area contributed by atoms with Crippen molar-refractivity contribution in [2.75, 3.05) is 26.1 Å². The van der Waals surface area contributed by atoms with Crippen LogP contribution in [0.25, 0.3) is 22.6 Å². The first-order valence-corrected chi connectivity index (χ1v) is 10.2. The van der Waals surface area contributed by atoms with Crippen LogP contribution in [-0.4, -0.2) is 41.3 Å². The maximum absolute atomic E-state index is 12.5. The Morgan fingerprint density at radius 2 is 1.88 bits per heavy atom. The molecule has 4 aromatic rings. The Balaban J connectivity index is 1.48. The summed E-state index contributed by atoms with van der Waals surface area (Å²) in [6.45, 7) is 2.96. The molecule has 0 saturated heterocycles. The number of fused-ring (bicyclic) bond motifs is 1. The molecule has 0 bridgehead atoms. The van der Waals surface area contributed by atoms with Crippen molar-refractivity contribution in [3.05, 3.63) is 66.4 Å². The van der Waals surface area contributed by atoms with E-state index < -0.39 is 0 Å². The summed E-state index contributed by atoms with van der Waals surface area (Å²) in [7, 11) is 3.12. The van der Waals surface area contributed by atoms with E-state index in [1.807, 2.05) is 28.8 Å². The number of hydrogen-bond donors (Lipinski definition) is 2. The number of carbonyl (C=O) groups excluding carboxylic acids is 1. The number of ether oxygens (including phenoxy) is 2. The number of methoxy groups -OCH3 is 2. The summed E-state index contributed by atoms with van der Waals surface area (Å²) < 4.78 is 12.5. The second-order valence-corrected chi connectivity index (χ2v) is 7.25. The molecule has 0 fully saturated rings. The molecule has 0 aliphatic heterocycles. The van der Waals surface area contributed by atoms with E-state index in [-0.39, 0.29) is 6.03 Å². The van der Waals surface area contributed by atoms with Crippen molar-refractivity contribution in [1.29, 1.82) is 0 Å². The number of aryl methyl sites for hydroxylation is 1. The van der Waals surface area contributed by atoms with E-state index >= 15 is 0 Å². The Labute approximate surface area is 186 Å². The van der Waals surface area contributed by atoms with Gasteiger partial charge in [0.05, 0.1) is 19.9 Å². The summed E-state index contributed by atoms with van der Waals surface area (Å²) in [5.74, 6) is 1.99. The summed E-state index contributed by atoms with van der Waals surface area (Å²) in [5.41, 5.74) is 4.33. The van der Waals surface area contributed by atoms with Crippen LogP contribution in [0.4, 0.5) is 10.5 Å². The summed E-state index contributed by atoms with van der Waals surface area (Å²) in [6, 6.07) is 16.9. The quantitative estimate of drug-likeness (QED) is 0.457. The van der Waals surface area contributed by atoms with Crippen molar-refractivity contribution in [2.24, 2.45) is 0 Å². The lowest BCUT2D eigenvalue weighted by atomic mass is 10.1. The van der Waals surface area contributed by atoms with E-state index in [4.69, 9.17) is 14.5 Å². The molecule has 4 rings (SSSR count). The average molecular weight is 431 g/mol. The summed E-state index contributed by atoms with van der Waals surface area (Å²) in [5, 5.41) is 5.70. The van der Waals surface area contributed by atoms with Crippen LogP contribution in [0, 0.1) is 6.92 Å². The van der Waals surface area contributed by atoms with Crippen molar-refractivity contribution in [2.45, 2.75) is 13.5 Å². The van der Waals surface area contributed by atoms with Gasteiger partial charge in [0, 0.05) is 30.9 Å². The smallest absolute Gasteiger partial charge is 0.319 e. The zero-order chi connectivity index (χ0) is 22.5. The highest BCUT2D eigenvalue weighted by Gasteiger charge is 2.14. The SMILES string of the molecule is COc1ccc(NC(=O)NCCn2c(-c3ccc(C)cc3)nc3cccnc32)c(OC)c1. The minimum Gasteiger partial charge on any atom is -0.497 e. The number of benzene rings is 2. The number of amides is 2. The average Bonchev–Trinajstić information content (AvgIpc) is 3.18. The van der Waals surface area contributed by atoms with E-state index in [2.05, 4.69) is 34.7 Å². The first-order chi connectivity index (χ1) is 15.6. The summed E-state index contributed by atoms with van der Waals surface area (Å²) >= 11 is 0. The molecule has 0 aliphatic rings. The minimum atomic E-state index is -0.331. The van der Waals surface area contributed by atoms with Crippen LogP contribution < -0.4 is 20.1 Å². The fourth-order valence-corrected chi connectivity index (χ4v) is 3.44. The van der Waals surface area contributed by atoms with E-state index in [0.717, 1.165) is 22.6 Å². The second-order valence-electron chi connectivity index (χ2n) is 7.25. The highest BCUT2D eigenvalue weighted by molar-refractivity contribution is 5.91. The van der Waals surface area contributed by atoms with E-state index in [0.29, 0.717) is 30.3 Å². The number of anilines is 1. The van der Waals surface area contributed by atoms with Crippen LogP contribution in [0.15, 0.2) is 60.8 Å². The zero-order valence-corrected chi connectivity index (χ0v) is 18.3. The number of nitrogens with one attached hydrogen (secondary N) is 2. The molecule has 8 heteroatoms. The third-order valence-corrected chi connectivity index (χ3v) is 5.09. The number of imidazole rings is 1. The maximum Gasteiger partial charge on any atom is 0.319 e. The lowest BCUT2D eigenvalue weighted by molar-refractivity contribution is 0.251. The molecule has 2 aromatic carbocycles. The molecule has 2 heterocycles. The topological polar surface area (TPSA) is 90.3 Å². The maximum atomic E-state index is 12.5. The molecule has 0 atom stereocenters. The lowest BCUT2D eigenvalue weighted by Crippen LogP contribution is -2.31. The second kappa shape index (κ2) is 9.38. The molecule has 2 N–H and O–H groups in total. The van der Waals surface area contributed by atoms with Crippen molar-refractivity contribution in [3.8, 4) is 22.9 Å². The number of nitrogens with zero attached hydrogens (tertiary/aromatic N) is 3. The molecular weight excluding hydrogens is 406 g/mol. The van der Waals surface area contributed by atoms with Gasteiger partial charge in [-0.3, -0.25) is 0 Å². The third-order valence-electron chi connectivity index (χ3n) is 5.09. The van der Waals surface area contributed by atoms with Crippen molar-refractivity contribution < 1.29 is 14.3 Å². The predicted molar refractivity (Wildman–Crippen MR) is 124 cm³/mol. The number of aromatic nitrogens is 3. The fourth-order valence-electron chi connectivity index (χ4n) is 3.44. The molecular formula is C24H25N5O3. The Morgan fingerprint density at radius 3 is 2.62 bits per heavy atom. The van der Waals surface area contributed by atoms with E-state index in [1.165, 1.54) is 5.56 Å². The Morgan fingerprint density at radius 1 is 1.06 bits per heavy atom. The highest BCUT2D eigenvalue weighted by atomic mass is 16.5. The van der Waals surface area contributed by atoms with Crippen LogP contribution in [0.5, 0.6) is 11.5 Å². The number of hydrogen-bond acceptors (Lipinski definition) is 5. The molecule has 0 saturated carbocycles. The highest BCUT2D eigenvalue weighted by Crippen LogP contribution is 2.29. The lowest BCUT2D eigenvalue weighted by Gasteiger charge is -2.13. The molecule has 32 heavy (non-hydrogen) atoms. The van der Waals surface area contributed by atoms with Crippen LogP contribution >= 0.6 is 0 Å².